The summed E-state index contributed by atoms with van der Waals surface area (Å²) in [7, 11) is 0. The van der Waals surface area contributed by atoms with Gasteiger partial charge in [-0.2, -0.15) is 0 Å². The van der Waals surface area contributed by atoms with E-state index in [0.29, 0.717) is 0 Å². The molecular weight excluding hydrogens is 286 g/mol. The van der Waals surface area contributed by atoms with Gasteiger partial charge in [-0.1, -0.05) is 55.3 Å². The molecule has 0 aliphatic heterocycles. The average Bonchev–Trinajstić information content (AvgIpc) is 2.39. The third-order valence-corrected chi connectivity index (χ3v) is 4.22. The molecule has 18 heavy (non-hydrogen) atoms. The second kappa shape index (κ2) is 8.71. The fourth-order valence-corrected chi connectivity index (χ4v) is 2.46. The maximum Gasteiger partial charge on any atom is 0.0175 e. The Labute approximate surface area is 120 Å². The van der Waals surface area contributed by atoms with E-state index < -0.39 is 0 Å². The number of hydrogen-bond acceptors (Lipinski definition) is 1. The number of nitrogens with one attached hydrogen (secondary N) is 1. The van der Waals surface area contributed by atoms with Gasteiger partial charge < -0.3 is 5.32 Å². The van der Waals surface area contributed by atoms with Crippen LogP contribution in [-0.4, -0.2) is 13.1 Å². The summed E-state index contributed by atoms with van der Waals surface area (Å²) < 4.78 is 1.16. The molecule has 0 fully saturated rings. The minimum absolute atomic E-state index is 0.739. The lowest BCUT2D eigenvalue weighted by atomic mass is 9.86. The summed E-state index contributed by atoms with van der Waals surface area (Å²) in [6.07, 6.45) is 3.65. The van der Waals surface area contributed by atoms with Crippen LogP contribution in [0.2, 0.25) is 0 Å². The van der Waals surface area contributed by atoms with Crippen LogP contribution in [0.1, 0.15) is 39.2 Å². The van der Waals surface area contributed by atoms with E-state index in [4.69, 9.17) is 0 Å². The summed E-state index contributed by atoms with van der Waals surface area (Å²) in [5.74, 6) is 1.51. The third-order valence-electron chi connectivity index (χ3n) is 3.69. The van der Waals surface area contributed by atoms with Crippen LogP contribution in [0.4, 0.5) is 0 Å². The molecule has 1 N–H and O–H groups in total. The molecule has 102 valence electrons. The van der Waals surface area contributed by atoms with E-state index in [1.807, 2.05) is 0 Å². The standard InChI is InChI=1S/C16H26BrN/c1-4-10-18-12-15(13(3)5-2)11-14-6-8-16(17)9-7-14/h6-9,13,15,18H,4-5,10-12H2,1-3H3. The largest absolute Gasteiger partial charge is 0.316 e. The molecule has 0 bridgehead atoms. The van der Waals surface area contributed by atoms with E-state index in [1.165, 1.54) is 24.8 Å². The molecule has 2 heteroatoms. The Bertz CT molecular complexity index is 320. The average molecular weight is 312 g/mol. The zero-order chi connectivity index (χ0) is 13.4. The zero-order valence-corrected chi connectivity index (χ0v) is 13.5. The van der Waals surface area contributed by atoms with Crippen LogP contribution in [0.5, 0.6) is 0 Å². The Hall–Kier alpha value is -0.340. The van der Waals surface area contributed by atoms with Crippen molar-refractivity contribution in [2.24, 2.45) is 11.8 Å². The van der Waals surface area contributed by atoms with Gasteiger partial charge in [0, 0.05) is 4.47 Å². The number of halogens is 1. The van der Waals surface area contributed by atoms with Crippen LogP contribution in [-0.2, 0) is 6.42 Å². The normalized spacial score (nSPS) is 14.4. The van der Waals surface area contributed by atoms with Gasteiger partial charge in [-0.25, -0.2) is 0 Å². The first-order valence-corrected chi connectivity index (χ1v) is 7.91. The highest BCUT2D eigenvalue weighted by Crippen LogP contribution is 2.21. The molecule has 0 heterocycles. The van der Waals surface area contributed by atoms with Crippen molar-refractivity contribution in [2.45, 2.75) is 40.0 Å². The second-order valence-corrected chi connectivity index (χ2v) is 6.10. The van der Waals surface area contributed by atoms with E-state index >= 15 is 0 Å². The molecule has 0 aromatic heterocycles. The lowest BCUT2D eigenvalue weighted by Crippen LogP contribution is -2.29. The van der Waals surface area contributed by atoms with Crippen LogP contribution in [0, 0.1) is 11.8 Å². The van der Waals surface area contributed by atoms with E-state index in [-0.39, 0.29) is 0 Å². The van der Waals surface area contributed by atoms with Gasteiger partial charge in [0.1, 0.15) is 0 Å². The first-order chi connectivity index (χ1) is 8.67. The molecule has 0 spiro atoms. The van der Waals surface area contributed by atoms with Gasteiger partial charge in [-0.3, -0.25) is 0 Å². The molecule has 0 aliphatic carbocycles. The highest BCUT2D eigenvalue weighted by Gasteiger charge is 2.15. The predicted octanol–water partition coefficient (Wildman–Crippen LogP) is 4.65. The van der Waals surface area contributed by atoms with Gasteiger partial charge in [-0.05, 0) is 55.5 Å². The molecule has 1 nitrogen and oxygen atoms in total. The van der Waals surface area contributed by atoms with Crippen molar-refractivity contribution in [3.05, 3.63) is 34.3 Å². The van der Waals surface area contributed by atoms with Crippen molar-refractivity contribution >= 4 is 15.9 Å². The first-order valence-electron chi connectivity index (χ1n) is 7.12. The van der Waals surface area contributed by atoms with Crippen LogP contribution in [0.15, 0.2) is 28.7 Å². The van der Waals surface area contributed by atoms with Crippen molar-refractivity contribution in [2.75, 3.05) is 13.1 Å². The summed E-state index contributed by atoms with van der Waals surface area (Å²) in [4.78, 5) is 0. The van der Waals surface area contributed by atoms with Gasteiger partial charge in [0.25, 0.3) is 0 Å². The lowest BCUT2D eigenvalue weighted by Gasteiger charge is -2.23. The van der Waals surface area contributed by atoms with Gasteiger partial charge in [0.15, 0.2) is 0 Å². The first kappa shape index (κ1) is 15.7. The molecule has 0 saturated heterocycles. The zero-order valence-electron chi connectivity index (χ0n) is 11.9. The summed E-state index contributed by atoms with van der Waals surface area (Å²) in [6.45, 7) is 9.16. The predicted molar refractivity (Wildman–Crippen MR) is 84.0 cm³/mol. The fraction of sp³-hybridized carbons (Fsp3) is 0.625. The fourth-order valence-electron chi connectivity index (χ4n) is 2.20. The van der Waals surface area contributed by atoms with Crippen molar-refractivity contribution < 1.29 is 0 Å². The van der Waals surface area contributed by atoms with Crippen molar-refractivity contribution in [1.29, 1.82) is 0 Å². The third kappa shape index (κ3) is 5.53. The molecule has 2 unspecified atom stereocenters. The van der Waals surface area contributed by atoms with Crippen LogP contribution >= 0.6 is 15.9 Å². The molecule has 0 amide bonds. The Balaban J connectivity index is 2.56. The number of rotatable bonds is 8. The van der Waals surface area contributed by atoms with E-state index in [0.717, 1.165) is 29.4 Å². The smallest absolute Gasteiger partial charge is 0.0175 e. The van der Waals surface area contributed by atoms with E-state index in [9.17, 15) is 0 Å². The van der Waals surface area contributed by atoms with Crippen molar-refractivity contribution in [3.8, 4) is 0 Å². The summed E-state index contributed by atoms with van der Waals surface area (Å²) >= 11 is 3.49. The van der Waals surface area contributed by atoms with Gasteiger partial charge in [0.05, 0.1) is 0 Å². The van der Waals surface area contributed by atoms with Gasteiger partial charge in [-0.15, -0.1) is 0 Å². The molecule has 1 aromatic rings. The maximum atomic E-state index is 3.57. The van der Waals surface area contributed by atoms with Crippen LogP contribution < -0.4 is 5.32 Å². The van der Waals surface area contributed by atoms with E-state index in [2.05, 4.69) is 66.3 Å². The van der Waals surface area contributed by atoms with E-state index in [1.54, 1.807) is 0 Å². The molecule has 2 atom stereocenters. The van der Waals surface area contributed by atoms with Gasteiger partial charge >= 0.3 is 0 Å². The summed E-state index contributed by atoms with van der Waals surface area (Å²) in [5, 5.41) is 3.57. The highest BCUT2D eigenvalue weighted by molar-refractivity contribution is 9.10. The van der Waals surface area contributed by atoms with Crippen molar-refractivity contribution in [3.63, 3.8) is 0 Å². The molecule has 0 saturated carbocycles. The van der Waals surface area contributed by atoms with Gasteiger partial charge in [0.2, 0.25) is 0 Å². The monoisotopic (exact) mass is 311 g/mol. The molecule has 0 aliphatic rings. The molecule has 1 rings (SSSR count). The van der Waals surface area contributed by atoms with Crippen LogP contribution in [0.3, 0.4) is 0 Å². The minimum atomic E-state index is 0.739. The minimum Gasteiger partial charge on any atom is -0.316 e. The van der Waals surface area contributed by atoms with Crippen LogP contribution in [0.25, 0.3) is 0 Å². The quantitative estimate of drug-likeness (QED) is 0.689. The number of hydrogen-bond donors (Lipinski definition) is 1. The van der Waals surface area contributed by atoms with Crippen molar-refractivity contribution in [1.82, 2.24) is 5.32 Å². The Morgan fingerprint density at radius 2 is 1.83 bits per heavy atom. The highest BCUT2D eigenvalue weighted by atomic mass is 79.9. The molecular formula is C16H26BrN. The topological polar surface area (TPSA) is 12.0 Å². The Morgan fingerprint density at radius 1 is 1.17 bits per heavy atom. The Morgan fingerprint density at radius 3 is 2.39 bits per heavy atom. The lowest BCUT2D eigenvalue weighted by molar-refractivity contribution is 0.330. The maximum absolute atomic E-state index is 3.57. The molecule has 0 radical (unpaired) electrons. The summed E-state index contributed by atoms with van der Waals surface area (Å²) in [5.41, 5.74) is 1.45. The summed E-state index contributed by atoms with van der Waals surface area (Å²) in [6, 6.07) is 8.75. The Kier molecular flexibility index (Phi) is 7.60. The number of benzene rings is 1. The SMILES string of the molecule is CCCNCC(Cc1ccc(Br)cc1)C(C)CC. The molecule has 1 aromatic carbocycles. The second-order valence-electron chi connectivity index (χ2n) is 5.18.